The number of hydrogen-bond acceptors (Lipinski definition) is 5. The van der Waals surface area contributed by atoms with Crippen molar-refractivity contribution in [3.63, 3.8) is 0 Å². The molecule has 1 aromatic carbocycles. The summed E-state index contributed by atoms with van der Waals surface area (Å²) < 4.78 is 0. The Balaban J connectivity index is 2.85. The molecule has 8 heteroatoms. The lowest BCUT2D eigenvalue weighted by atomic mass is 10.0. The molecule has 6 N–H and O–H groups in total. The average molecular weight is 337 g/mol. The Labute approximate surface area is 140 Å². The molecule has 0 spiro atoms. The van der Waals surface area contributed by atoms with Gasteiger partial charge in [0.2, 0.25) is 11.8 Å². The number of aliphatic carboxylic acids is 1. The van der Waals surface area contributed by atoms with Crippen LogP contribution in [0.3, 0.4) is 0 Å². The van der Waals surface area contributed by atoms with Gasteiger partial charge in [-0.3, -0.25) is 14.4 Å². The van der Waals surface area contributed by atoms with Crippen molar-refractivity contribution < 1.29 is 24.6 Å². The number of benzene rings is 1. The second-order valence-electron chi connectivity index (χ2n) is 5.81. The van der Waals surface area contributed by atoms with Crippen molar-refractivity contribution in [1.82, 2.24) is 10.6 Å². The number of carboxylic acid groups (broad SMARTS) is 1. The number of aromatic hydroxyl groups is 1. The Morgan fingerprint density at radius 1 is 1.12 bits per heavy atom. The number of amides is 2. The van der Waals surface area contributed by atoms with E-state index < -0.39 is 36.4 Å². The summed E-state index contributed by atoms with van der Waals surface area (Å²) in [4.78, 5) is 34.9. The summed E-state index contributed by atoms with van der Waals surface area (Å²) >= 11 is 0. The van der Waals surface area contributed by atoms with Crippen LogP contribution in [0.5, 0.6) is 5.75 Å². The van der Waals surface area contributed by atoms with E-state index in [1.807, 2.05) is 0 Å². The summed E-state index contributed by atoms with van der Waals surface area (Å²) in [5, 5.41) is 22.7. The first-order valence-electron chi connectivity index (χ1n) is 7.54. The number of carbonyl (C=O) groups excluding carboxylic acids is 2. The zero-order chi connectivity index (χ0) is 18.3. The molecule has 0 aromatic heterocycles. The fourth-order valence-electron chi connectivity index (χ4n) is 1.93. The lowest BCUT2D eigenvalue weighted by molar-refractivity contribution is -0.138. The van der Waals surface area contributed by atoms with Gasteiger partial charge in [0.25, 0.3) is 0 Å². The molecule has 24 heavy (non-hydrogen) atoms. The van der Waals surface area contributed by atoms with Gasteiger partial charge in [-0.2, -0.15) is 0 Å². The highest BCUT2D eigenvalue weighted by atomic mass is 16.4. The van der Waals surface area contributed by atoms with E-state index >= 15 is 0 Å². The number of nitrogens with two attached hydrogens (primary N) is 1. The molecule has 8 nitrogen and oxygen atoms in total. The van der Waals surface area contributed by atoms with E-state index in [0.717, 1.165) is 0 Å². The Kier molecular flexibility index (Phi) is 7.19. The molecule has 0 bridgehead atoms. The van der Waals surface area contributed by atoms with E-state index in [2.05, 4.69) is 10.6 Å². The van der Waals surface area contributed by atoms with Crippen LogP contribution < -0.4 is 16.4 Å². The van der Waals surface area contributed by atoms with E-state index in [0.29, 0.717) is 5.56 Å². The summed E-state index contributed by atoms with van der Waals surface area (Å²) in [6.45, 7) is 3.02. The van der Waals surface area contributed by atoms with Gasteiger partial charge >= 0.3 is 5.97 Å². The van der Waals surface area contributed by atoms with Crippen LogP contribution in [-0.4, -0.2) is 46.6 Å². The summed E-state index contributed by atoms with van der Waals surface area (Å²) in [6.07, 6.45) is 0.141. The van der Waals surface area contributed by atoms with Crippen LogP contribution in [0.25, 0.3) is 0 Å². The molecule has 0 fully saturated rings. The largest absolute Gasteiger partial charge is 0.508 e. The van der Waals surface area contributed by atoms with Crippen molar-refractivity contribution in [3.05, 3.63) is 29.8 Å². The van der Waals surface area contributed by atoms with Crippen LogP contribution >= 0.6 is 0 Å². The summed E-state index contributed by atoms with van der Waals surface area (Å²) in [6, 6.07) is 4.40. The highest BCUT2D eigenvalue weighted by Gasteiger charge is 2.25. The number of phenolic OH excluding ortho intramolecular Hbond substituents is 1. The third kappa shape index (κ3) is 6.25. The number of phenols is 1. The first kappa shape index (κ1) is 19.4. The van der Waals surface area contributed by atoms with Gasteiger partial charge in [-0.25, -0.2) is 0 Å². The van der Waals surface area contributed by atoms with E-state index in [1.54, 1.807) is 26.0 Å². The monoisotopic (exact) mass is 337 g/mol. The van der Waals surface area contributed by atoms with Crippen molar-refractivity contribution in [2.24, 2.45) is 11.7 Å². The number of carboxylic acids is 1. The molecule has 2 unspecified atom stereocenters. The van der Waals surface area contributed by atoms with E-state index in [-0.39, 0.29) is 18.1 Å². The number of hydrogen-bond donors (Lipinski definition) is 5. The fraction of sp³-hybridized carbons (Fsp3) is 0.438. The average Bonchev–Trinajstić information content (AvgIpc) is 2.52. The van der Waals surface area contributed by atoms with Crippen molar-refractivity contribution in [1.29, 1.82) is 0 Å². The minimum absolute atomic E-state index is 0.0801. The molecule has 0 aliphatic rings. The topological polar surface area (TPSA) is 142 Å². The molecule has 0 radical (unpaired) electrons. The molecular weight excluding hydrogens is 314 g/mol. The molecule has 1 rings (SSSR count). The normalized spacial score (nSPS) is 13.2. The number of rotatable bonds is 8. The highest BCUT2D eigenvalue weighted by Crippen LogP contribution is 2.12. The standard InChI is InChI=1S/C16H23N3O5/c1-9(2)14(17)16(24)19-12(15(23)18-8-13(21)22)7-10-3-5-11(20)6-4-10/h3-6,9,12,14,20H,7-8,17H2,1-2H3,(H,18,23)(H,19,24)(H,21,22). The summed E-state index contributed by atoms with van der Waals surface area (Å²) in [5.74, 6) is -2.32. The number of nitrogens with one attached hydrogen (secondary N) is 2. The third-order valence-corrected chi connectivity index (χ3v) is 3.44. The smallest absolute Gasteiger partial charge is 0.322 e. The minimum Gasteiger partial charge on any atom is -0.508 e. The molecule has 2 amide bonds. The molecular formula is C16H23N3O5. The SMILES string of the molecule is CC(C)C(N)C(=O)NC(Cc1ccc(O)cc1)C(=O)NCC(=O)O. The van der Waals surface area contributed by atoms with E-state index in [9.17, 15) is 19.5 Å². The lowest BCUT2D eigenvalue weighted by Gasteiger charge is -2.22. The predicted octanol–water partition coefficient (Wildman–Crippen LogP) is -0.396. The zero-order valence-corrected chi connectivity index (χ0v) is 13.7. The van der Waals surface area contributed by atoms with Gasteiger partial charge in [0, 0.05) is 6.42 Å². The van der Waals surface area contributed by atoms with Crippen LogP contribution in [-0.2, 0) is 20.8 Å². The van der Waals surface area contributed by atoms with Gasteiger partial charge in [0.1, 0.15) is 18.3 Å². The van der Waals surface area contributed by atoms with Crippen molar-refractivity contribution in [3.8, 4) is 5.75 Å². The summed E-state index contributed by atoms with van der Waals surface area (Å²) in [7, 11) is 0. The first-order valence-corrected chi connectivity index (χ1v) is 7.54. The number of carbonyl (C=O) groups is 3. The molecule has 132 valence electrons. The van der Waals surface area contributed by atoms with Crippen LogP contribution in [0.4, 0.5) is 0 Å². The van der Waals surface area contributed by atoms with Crippen LogP contribution in [0.1, 0.15) is 19.4 Å². The molecule has 0 aliphatic heterocycles. The molecule has 0 saturated carbocycles. The third-order valence-electron chi connectivity index (χ3n) is 3.44. The van der Waals surface area contributed by atoms with E-state index in [4.69, 9.17) is 10.8 Å². The molecule has 2 atom stereocenters. The van der Waals surface area contributed by atoms with Gasteiger partial charge in [-0.1, -0.05) is 26.0 Å². The van der Waals surface area contributed by atoms with Crippen LogP contribution in [0, 0.1) is 5.92 Å². The maximum absolute atomic E-state index is 12.2. The van der Waals surface area contributed by atoms with Gasteiger partial charge in [0.05, 0.1) is 6.04 Å². The molecule has 0 saturated heterocycles. The predicted molar refractivity (Wildman–Crippen MR) is 87.2 cm³/mol. The van der Waals surface area contributed by atoms with Gasteiger partial charge in [-0.15, -0.1) is 0 Å². The molecule has 1 aromatic rings. The lowest BCUT2D eigenvalue weighted by Crippen LogP contribution is -2.54. The molecule has 0 aliphatic carbocycles. The van der Waals surface area contributed by atoms with Gasteiger partial charge < -0.3 is 26.6 Å². The Hall–Kier alpha value is -2.61. The van der Waals surface area contributed by atoms with Crippen LogP contribution in [0.2, 0.25) is 0 Å². The van der Waals surface area contributed by atoms with Crippen molar-refractivity contribution in [2.45, 2.75) is 32.4 Å². The van der Waals surface area contributed by atoms with E-state index in [1.165, 1.54) is 12.1 Å². The van der Waals surface area contributed by atoms with Crippen molar-refractivity contribution >= 4 is 17.8 Å². The highest BCUT2D eigenvalue weighted by molar-refractivity contribution is 5.91. The Morgan fingerprint density at radius 3 is 2.21 bits per heavy atom. The maximum Gasteiger partial charge on any atom is 0.322 e. The summed E-state index contributed by atoms with van der Waals surface area (Å²) in [5.41, 5.74) is 6.47. The maximum atomic E-state index is 12.2. The quantitative estimate of drug-likeness (QED) is 0.437. The van der Waals surface area contributed by atoms with Gasteiger partial charge in [-0.05, 0) is 23.6 Å². The second-order valence-corrected chi connectivity index (χ2v) is 5.81. The Bertz CT molecular complexity index is 586. The van der Waals surface area contributed by atoms with Gasteiger partial charge in [0.15, 0.2) is 0 Å². The first-order chi connectivity index (χ1) is 11.2. The second kappa shape index (κ2) is 8.88. The Morgan fingerprint density at radius 2 is 1.71 bits per heavy atom. The van der Waals surface area contributed by atoms with Crippen molar-refractivity contribution in [2.75, 3.05) is 6.54 Å². The minimum atomic E-state index is -1.18. The van der Waals surface area contributed by atoms with Crippen LogP contribution in [0.15, 0.2) is 24.3 Å². The fourth-order valence-corrected chi connectivity index (χ4v) is 1.93. The zero-order valence-electron chi connectivity index (χ0n) is 13.7. The molecule has 0 heterocycles.